The largest absolute Gasteiger partial charge is 0.478 e. The van der Waals surface area contributed by atoms with Crippen LogP contribution in [0.25, 0.3) is 10.8 Å². The quantitative estimate of drug-likeness (QED) is 0.389. The van der Waals surface area contributed by atoms with Crippen LogP contribution >= 0.6 is 34.8 Å². The summed E-state index contributed by atoms with van der Waals surface area (Å²) >= 11 is 7.21. The first kappa shape index (κ1) is 18.3. The van der Waals surface area contributed by atoms with Crippen LogP contribution in [0.3, 0.4) is 0 Å². The SMILES string of the molecule is O=C(O)c1cc(I)ccc1NC(=S)NC(=O)c1cccc2ccccc12. The third-order valence-electron chi connectivity index (χ3n) is 3.72. The molecule has 0 fully saturated rings. The molecule has 0 aliphatic carbocycles. The first-order chi connectivity index (χ1) is 12.5. The predicted molar refractivity (Wildman–Crippen MR) is 114 cm³/mol. The number of anilines is 1. The van der Waals surface area contributed by atoms with E-state index in [0.29, 0.717) is 11.3 Å². The number of carbonyl (C=O) groups is 2. The number of thiocarbonyl (C=S) groups is 1. The summed E-state index contributed by atoms with van der Waals surface area (Å²) in [5, 5.41) is 16.5. The van der Waals surface area contributed by atoms with Crippen molar-refractivity contribution in [2.75, 3.05) is 5.32 Å². The molecule has 0 radical (unpaired) electrons. The standard InChI is InChI=1S/C19H13IN2O3S/c20-12-8-9-16(15(10-12)18(24)25)21-19(26)22-17(23)14-7-3-5-11-4-1-2-6-13(11)14/h1-10H,(H,24,25)(H2,21,22,23,26). The number of nitrogens with one attached hydrogen (secondary N) is 2. The molecule has 5 nitrogen and oxygen atoms in total. The highest BCUT2D eigenvalue weighted by Crippen LogP contribution is 2.20. The average Bonchev–Trinajstić information content (AvgIpc) is 2.62. The van der Waals surface area contributed by atoms with E-state index in [9.17, 15) is 14.7 Å². The Morgan fingerprint density at radius 3 is 2.46 bits per heavy atom. The highest BCUT2D eigenvalue weighted by Gasteiger charge is 2.14. The molecule has 0 saturated carbocycles. The predicted octanol–water partition coefficient (Wildman–Crippen LogP) is 4.27. The fraction of sp³-hybridized carbons (Fsp3) is 0. The molecule has 0 atom stereocenters. The fourth-order valence-electron chi connectivity index (χ4n) is 2.55. The van der Waals surface area contributed by atoms with E-state index in [1.165, 1.54) is 6.07 Å². The summed E-state index contributed by atoms with van der Waals surface area (Å²) in [6.45, 7) is 0. The van der Waals surface area contributed by atoms with Gasteiger partial charge in [0.25, 0.3) is 5.91 Å². The van der Waals surface area contributed by atoms with Gasteiger partial charge in [-0.25, -0.2) is 4.79 Å². The summed E-state index contributed by atoms with van der Waals surface area (Å²) in [5.41, 5.74) is 0.896. The molecular formula is C19H13IN2O3S. The van der Waals surface area contributed by atoms with Crippen molar-refractivity contribution in [1.82, 2.24) is 5.32 Å². The minimum Gasteiger partial charge on any atom is -0.478 e. The van der Waals surface area contributed by atoms with Gasteiger partial charge < -0.3 is 10.4 Å². The van der Waals surface area contributed by atoms with Crippen molar-refractivity contribution in [3.05, 3.63) is 75.4 Å². The Bertz CT molecular complexity index is 1030. The number of rotatable bonds is 3. The van der Waals surface area contributed by atoms with E-state index in [1.807, 2.05) is 52.9 Å². The molecule has 0 unspecified atom stereocenters. The Morgan fingerprint density at radius 2 is 1.69 bits per heavy atom. The first-order valence-electron chi connectivity index (χ1n) is 7.58. The van der Waals surface area contributed by atoms with Gasteiger partial charge in [0.15, 0.2) is 5.11 Å². The van der Waals surface area contributed by atoms with Gasteiger partial charge in [-0.1, -0.05) is 36.4 Å². The Labute approximate surface area is 168 Å². The van der Waals surface area contributed by atoms with E-state index in [1.54, 1.807) is 24.3 Å². The number of hydrogen-bond acceptors (Lipinski definition) is 3. The van der Waals surface area contributed by atoms with E-state index in [0.717, 1.165) is 14.3 Å². The summed E-state index contributed by atoms with van der Waals surface area (Å²) in [6.07, 6.45) is 0. The highest BCUT2D eigenvalue weighted by molar-refractivity contribution is 14.1. The number of aromatic carboxylic acids is 1. The van der Waals surface area contributed by atoms with Gasteiger partial charge in [0.2, 0.25) is 0 Å². The van der Waals surface area contributed by atoms with E-state index < -0.39 is 5.97 Å². The summed E-state index contributed by atoms with van der Waals surface area (Å²) in [5.74, 6) is -1.43. The zero-order valence-electron chi connectivity index (χ0n) is 13.3. The number of halogens is 1. The van der Waals surface area contributed by atoms with Gasteiger partial charge in [0.05, 0.1) is 11.3 Å². The lowest BCUT2D eigenvalue weighted by atomic mass is 10.0. The molecule has 0 aliphatic rings. The van der Waals surface area contributed by atoms with E-state index >= 15 is 0 Å². The van der Waals surface area contributed by atoms with Crippen LogP contribution in [0.15, 0.2) is 60.7 Å². The van der Waals surface area contributed by atoms with Crippen molar-refractivity contribution in [3.8, 4) is 0 Å². The molecule has 0 saturated heterocycles. The van der Waals surface area contributed by atoms with Crippen molar-refractivity contribution in [2.45, 2.75) is 0 Å². The van der Waals surface area contributed by atoms with E-state index in [4.69, 9.17) is 12.2 Å². The van der Waals surface area contributed by atoms with Crippen molar-refractivity contribution >= 4 is 68.3 Å². The zero-order chi connectivity index (χ0) is 18.7. The van der Waals surface area contributed by atoms with Crippen LogP contribution in [-0.4, -0.2) is 22.1 Å². The van der Waals surface area contributed by atoms with Crippen LogP contribution in [0.1, 0.15) is 20.7 Å². The lowest BCUT2D eigenvalue weighted by Crippen LogP contribution is -2.34. The molecule has 0 bridgehead atoms. The van der Waals surface area contributed by atoms with Gasteiger partial charge >= 0.3 is 5.97 Å². The molecule has 3 aromatic rings. The summed E-state index contributed by atoms with van der Waals surface area (Å²) in [7, 11) is 0. The van der Waals surface area contributed by atoms with Gasteiger partial charge in [-0.15, -0.1) is 0 Å². The molecule has 3 aromatic carbocycles. The van der Waals surface area contributed by atoms with Gasteiger partial charge in [0.1, 0.15) is 0 Å². The lowest BCUT2D eigenvalue weighted by molar-refractivity contribution is 0.0697. The monoisotopic (exact) mass is 476 g/mol. The van der Waals surface area contributed by atoms with Crippen LogP contribution in [0.2, 0.25) is 0 Å². The molecule has 7 heteroatoms. The molecule has 130 valence electrons. The molecule has 0 aliphatic heterocycles. The molecule has 0 heterocycles. The smallest absolute Gasteiger partial charge is 0.337 e. The van der Waals surface area contributed by atoms with E-state index in [2.05, 4.69) is 10.6 Å². The maximum Gasteiger partial charge on any atom is 0.337 e. The topological polar surface area (TPSA) is 78.4 Å². The van der Waals surface area contributed by atoms with E-state index in [-0.39, 0.29) is 16.6 Å². The summed E-state index contributed by atoms with van der Waals surface area (Å²) < 4.78 is 0.788. The third kappa shape index (κ3) is 4.00. The summed E-state index contributed by atoms with van der Waals surface area (Å²) in [6, 6.07) is 17.9. The van der Waals surface area contributed by atoms with Crippen molar-refractivity contribution < 1.29 is 14.7 Å². The molecule has 1 amide bonds. The number of carboxylic acid groups (broad SMARTS) is 1. The highest BCUT2D eigenvalue weighted by atomic mass is 127. The van der Waals surface area contributed by atoms with Gasteiger partial charge in [-0.2, -0.15) is 0 Å². The second-order valence-electron chi connectivity index (χ2n) is 5.43. The second-order valence-corrected chi connectivity index (χ2v) is 7.08. The van der Waals surface area contributed by atoms with Crippen LogP contribution < -0.4 is 10.6 Å². The summed E-state index contributed by atoms with van der Waals surface area (Å²) in [4.78, 5) is 23.9. The maximum absolute atomic E-state index is 12.6. The zero-order valence-corrected chi connectivity index (χ0v) is 16.3. The number of carbonyl (C=O) groups excluding carboxylic acids is 1. The van der Waals surface area contributed by atoms with Crippen LogP contribution in [-0.2, 0) is 0 Å². The van der Waals surface area contributed by atoms with Crippen LogP contribution in [0.4, 0.5) is 5.69 Å². The minimum atomic E-state index is -1.07. The van der Waals surface area contributed by atoms with Gasteiger partial charge in [-0.3, -0.25) is 10.1 Å². The molecular weight excluding hydrogens is 463 g/mol. The molecule has 3 rings (SSSR count). The van der Waals surface area contributed by atoms with Crippen molar-refractivity contribution in [2.24, 2.45) is 0 Å². The third-order valence-corrected chi connectivity index (χ3v) is 4.60. The Balaban J connectivity index is 1.80. The molecule has 0 aromatic heterocycles. The normalized spacial score (nSPS) is 10.3. The number of hydrogen-bond donors (Lipinski definition) is 3. The second kappa shape index (κ2) is 7.79. The average molecular weight is 476 g/mol. The number of carboxylic acids is 1. The molecule has 0 spiro atoms. The van der Waals surface area contributed by atoms with Crippen molar-refractivity contribution in [1.29, 1.82) is 0 Å². The lowest BCUT2D eigenvalue weighted by Gasteiger charge is -2.13. The number of benzene rings is 3. The number of fused-ring (bicyclic) bond motifs is 1. The molecule has 3 N–H and O–H groups in total. The van der Waals surface area contributed by atoms with Crippen molar-refractivity contribution in [3.63, 3.8) is 0 Å². The Morgan fingerprint density at radius 1 is 0.962 bits per heavy atom. The maximum atomic E-state index is 12.6. The fourth-order valence-corrected chi connectivity index (χ4v) is 3.24. The Hall–Kier alpha value is -2.52. The number of amides is 1. The minimum absolute atomic E-state index is 0.0339. The Kier molecular flexibility index (Phi) is 5.48. The van der Waals surface area contributed by atoms with Gasteiger partial charge in [0, 0.05) is 9.13 Å². The van der Waals surface area contributed by atoms with Crippen LogP contribution in [0, 0.1) is 3.57 Å². The first-order valence-corrected chi connectivity index (χ1v) is 9.07. The van der Waals surface area contributed by atoms with Crippen LogP contribution in [0.5, 0.6) is 0 Å². The molecule has 26 heavy (non-hydrogen) atoms. The van der Waals surface area contributed by atoms with Gasteiger partial charge in [-0.05, 0) is 69.8 Å².